The van der Waals surface area contributed by atoms with Crippen molar-refractivity contribution >= 4 is 10.9 Å². The number of rotatable bonds is 4. The van der Waals surface area contributed by atoms with E-state index in [4.69, 9.17) is 5.11 Å². The van der Waals surface area contributed by atoms with Gasteiger partial charge in [-0.1, -0.05) is 6.07 Å². The Kier molecular flexibility index (Phi) is 3.62. The maximum Gasteiger partial charge on any atom is 0.172 e. The lowest BCUT2D eigenvalue weighted by Crippen LogP contribution is -2.35. The van der Waals surface area contributed by atoms with E-state index in [9.17, 15) is 5.11 Å². The van der Waals surface area contributed by atoms with Crippen LogP contribution in [0.4, 0.5) is 0 Å². The number of aryl methyl sites for hydroxylation is 1. The molecule has 0 saturated carbocycles. The summed E-state index contributed by atoms with van der Waals surface area (Å²) in [6, 6.07) is 9.94. The van der Waals surface area contributed by atoms with Crippen LogP contribution in [0.3, 0.4) is 0 Å². The van der Waals surface area contributed by atoms with E-state index in [1.807, 2.05) is 65.1 Å². The van der Waals surface area contributed by atoms with Crippen LogP contribution in [0.25, 0.3) is 10.9 Å². The second-order valence-corrected chi connectivity index (χ2v) is 5.28. The monoisotopic (exact) mass is 283 g/mol. The fourth-order valence-electron chi connectivity index (χ4n) is 2.68. The Morgan fingerprint density at radius 2 is 2.05 bits per heavy atom. The van der Waals surface area contributed by atoms with Crippen molar-refractivity contribution in [2.75, 3.05) is 6.61 Å². The number of nitrogens with zero attached hydrogens (tertiary/aromatic N) is 2. The number of phenols is 1. The molecular formula is C17H19N2O2+. The van der Waals surface area contributed by atoms with Crippen molar-refractivity contribution in [3.05, 3.63) is 60.0 Å². The fourth-order valence-corrected chi connectivity index (χ4v) is 2.68. The SMILES string of the molecule is Cn1ccc2c(O)c(Cc3ccc[n+](CCO)c3)ccc21. The van der Waals surface area contributed by atoms with Crippen LogP contribution in [0.2, 0.25) is 0 Å². The van der Waals surface area contributed by atoms with Gasteiger partial charge in [0.2, 0.25) is 0 Å². The first kappa shape index (κ1) is 13.6. The normalized spacial score (nSPS) is 11.1. The standard InChI is InChI=1S/C17H18N2O2/c1-18-8-6-15-16(18)5-4-14(17(15)21)11-13-3-2-7-19(12-13)9-10-20/h2-8,12,20H,9-11H2,1H3/p+1. The quantitative estimate of drug-likeness (QED) is 0.717. The molecule has 0 aliphatic heterocycles. The van der Waals surface area contributed by atoms with Crippen molar-refractivity contribution in [3.63, 3.8) is 0 Å². The van der Waals surface area contributed by atoms with Crippen molar-refractivity contribution in [1.29, 1.82) is 0 Å². The van der Waals surface area contributed by atoms with E-state index in [0.717, 1.165) is 22.0 Å². The molecule has 0 radical (unpaired) electrons. The zero-order valence-corrected chi connectivity index (χ0v) is 12.0. The van der Waals surface area contributed by atoms with Gasteiger partial charge >= 0.3 is 0 Å². The van der Waals surface area contributed by atoms with E-state index in [1.54, 1.807) is 0 Å². The lowest BCUT2D eigenvalue weighted by atomic mass is 10.0. The van der Waals surface area contributed by atoms with Gasteiger partial charge in [-0.2, -0.15) is 0 Å². The number of aliphatic hydroxyl groups is 1. The number of aromatic hydroxyl groups is 1. The first-order valence-corrected chi connectivity index (χ1v) is 7.04. The molecule has 4 nitrogen and oxygen atoms in total. The summed E-state index contributed by atoms with van der Waals surface area (Å²) in [5.74, 6) is 0.352. The summed E-state index contributed by atoms with van der Waals surface area (Å²) in [7, 11) is 1.97. The molecule has 3 rings (SSSR count). The van der Waals surface area contributed by atoms with Crippen LogP contribution in [0.15, 0.2) is 48.9 Å². The molecule has 0 spiro atoms. The molecule has 1 aromatic carbocycles. The minimum absolute atomic E-state index is 0.120. The van der Waals surface area contributed by atoms with Crippen LogP contribution in [-0.2, 0) is 20.0 Å². The van der Waals surface area contributed by atoms with E-state index >= 15 is 0 Å². The molecule has 0 aliphatic rings. The number of hydrogen-bond acceptors (Lipinski definition) is 2. The Balaban J connectivity index is 1.94. The molecular weight excluding hydrogens is 264 g/mol. The van der Waals surface area contributed by atoms with Gasteiger partial charge in [0.25, 0.3) is 0 Å². The third kappa shape index (κ3) is 2.62. The van der Waals surface area contributed by atoms with E-state index < -0.39 is 0 Å². The Morgan fingerprint density at radius 3 is 2.86 bits per heavy atom. The molecule has 0 bridgehead atoms. The third-order valence-electron chi connectivity index (χ3n) is 3.79. The van der Waals surface area contributed by atoms with Crippen LogP contribution in [-0.4, -0.2) is 21.4 Å². The number of aromatic nitrogens is 2. The van der Waals surface area contributed by atoms with Gasteiger partial charge in [0.15, 0.2) is 18.9 Å². The van der Waals surface area contributed by atoms with Gasteiger partial charge in [0, 0.05) is 36.7 Å². The first-order chi connectivity index (χ1) is 10.2. The third-order valence-corrected chi connectivity index (χ3v) is 3.79. The van der Waals surface area contributed by atoms with Crippen molar-refractivity contribution in [3.8, 4) is 5.75 Å². The molecule has 108 valence electrons. The largest absolute Gasteiger partial charge is 0.507 e. The smallest absolute Gasteiger partial charge is 0.172 e. The summed E-state index contributed by atoms with van der Waals surface area (Å²) in [5, 5.41) is 20.3. The van der Waals surface area contributed by atoms with Gasteiger partial charge in [-0.25, -0.2) is 4.57 Å². The Hall–Kier alpha value is -2.33. The second-order valence-electron chi connectivity index (χ2n) is 5.28. The topological polar surface area (TPSA) is 49.3 Å². The van der Waals surface area contributed by atoms with Crippen molar-refractivity contribution < 1.29 is 14.8 Å². The Labute approximate surface area is 123 Å². The molecule has 2 aromatic heterocycles. The Bertz CT molecular complexity index is 778. The number of pyridine rings is 1. The minimum Gasteiger partial charge on any atom is -0.507 e. The van der Waals surface area contributed by atoms with E-state index in [1.165, 1.54) is 0 Å². The number of benzene rings is 1. The van der Waals surface area contributed by atoms with Gasteiger partial charge < -0.3 is 14.8 Å². The minimum atomic E-state index is 0.120. The van der Waals surface area contributed by atoms with Crippen molar-refractivity contribution in [1.82, 2.24) is 4.57 Å². The van der Waals surface area contributed by atoms with Gasteiger partial charge in [0.05, 0.1) is 5.52 Å². The maximum absolute atomic E-state index is 10.4. The summed E-state index contributed by atoms with van der Waals surface area (Å²) >= 11 is 0. The number of hydrogen-bond donors (Lipinski definition) is 2. The predicted molar refractivity (Wildman–Crippen MR) is 81.1 cm³/mol. The Morgan fingerprint density at radius 1 is 1.19 bits per heavy atom. The second kappa shape index (κ2) is 5.58. The summed E-state index contributed by atoms with van der Waals surface area (Å²) in [4.78, 5) is 0. The van der Waals surface area contributed by atoms with Crippen LogP contribution in [0, 0.1) is 0 Å². The van der Waals surface area contributed by atoms with Crippen LogP contribution in [0.1, 0.15) is 11.1 Å². The molecule has 3 aromatic rings. The van der Waals surface area contributed by atoms with Crippen LogP contribution >= 0.6 is 0 Å². The van der Waals surface area contributed by atoms with Gasteiger partial charge in [-0.3, -0.25) is 0 Å². The highest BCUT2D eigenvalue weighted by Crippen LogP contribution is 2.30. The summed E-state index contributed by atoms with van der Waals surface area (Å²) in [6.07, 6.45) is 6.56. The number of fused-ring (bicyclic) bond motifs is 1. The van der Waals surface area contributed by atoms with Crippen LogP contribution < -0.4 is 4.57 Å². The summed E-state index contributed by atoms with van der Waals surface area (Å²) in [5.41, 5.74) is 3.05. The lowest BCUT2D eigenvalue weighted by molar-refractivity contribution is -0.698. The van der Waals surface area contributed by atoms with Crippen LogP contribution in [0.5, 0.6) is 5.75 Å². The molecule has 0 saturated heterocycles. The highest BCUT2D eigenvalue weighted by Gasteiger charge is 2.11. The predicted octanol–water partition coefficient (Wildman–Crippen LogP) is 1.75. The highest BCUT2D eigenvalue weighted by molar-refractivity contribution is 5.87. The first-order valence-electron chi connectivity index (χ1n) is 7.04. The molecule has 0 aliphatic carbocycles. The van der Waals surface area contributed by atoms with Gasteiger partial charge in [-0.05, 0) is 23.8 Å². The molecule has 21 heavy (non-hydrogen) atoms. The molecule has 0 unspecified atom stereocenters. The zero-order chi connectivity index (χ0) is 14.8. The zero-order valence-electron chi connectivity index (χ0n) is 12.0. The average molecular weight is 283 g/mol. The average Bonchev–Trinajstić information content (AvgIpc) is 2.85. The van der Waals surface area contributed by atoms with Gasteiger partial charge in [-0.15, -0.1) is 0 Å². The highest BCUT2D eigenvalue weighted by atomic mass is 16.3. The molecule has 0 amide bonds. The summed E-state index contributed by atoms with van der Waals surface area (Å²) < 4.78 is 3.95. The number of aliphatic hydroxyl groups excluding tert-OH is 1. The molecule has 2 heterocycles. The van der Waals surface area contributed by atoms with Crippen molar-refractivity contribution in [2.45, 2.75) is 13.0 Å². The maximum atomic E-state index is 10.4. The number of phenolic OH excluding ortho intramolecular Hbond substituents is 1. The fraction of sp³-hybridized carbons (Fsp3) is 0.235. The summed E-state index contributed by atoms with van der Waals surface area (Å²) in [6.45, 7) is 0.701. The molecule has 2 N–H and O–H groups in total. The van der Waals surface area contributed by atoms with Crippen molar-refractivity contribution in [2.24, 2.45) is 7.05 Å². The van der Waals surface area contributed by atoms with E-state index in [0.29, 0.717) is 18.7 Å². The molecule has 4 heteroatoms. The van der Waals surface area contributed by atoms with E-state index in [-0.39, 0.29) is 6.61 Å². The molecule has 0 atom stereocenters. The van der Waals surface area contributed by atoms with Gasteiger partial charge in [0.1, 0.15) is 12.4 Å². The van der Waals surface area contributed by atoms with E-state index in [2.05, 4.69) is 0 Å². The molecule has 0 fully saturated rings. The lowest BCUT2D eigenvalue weighted by Gasteiger charge is -2.06.